The van der Waals surface area contributed by atoms with Crippen molar-refractivity contribution in [3.05, 3.63) is 69.0 Å². The summed E-state index contributed by atoms with van der Waals surface area (Å²) in [5.41, 5.74) is 4.93. The number of hydrogen-bond acceptors (Lipinski definition) is 8. The zero-order valence-corrected chi connectivity index (χ0v) is 29.2. The van der Waals surface area contributed by atoms with Gasteiger partial charge in [-0.25, -0.2) is 0 Å². The molecule has 13 rings (SSSR count). The van der Waals surface area contributed by atoms with E-state index in [9.17, 15) is 20.4 Å². The number of piperidine rings is 2. The van der Waals surface area contributed by atoms with Gasteiger partial charge < -0.3 is 34.9 Å². The van der Waals surface area contributed by atoms with Crippen molar-refractivity contribution in [2.45, 2.75) is 111 Å². The molecule has 4 fully saturated rings. The maximum Gasteiger partial charge on any atom is 0.166 e. The number of aromatic amines is 1. The Kier molecular flexibility index (Phi) is 5.34. The van der Waals surface area contributed by atoms with Crippen LogP contribution in [0.4, 0.5) is 0 Å². The van der Waals surface area contributed by atoms with E-state index in [4.69, 9.17) is 9.47 Å². The summed E-state index contributed by atoms with van der Waals surface area (Å²) in [6, 6.07) is 7.56. The number of rotatable bonds is 4. The zero-order chi connectivity index (χ0) is 32.4. The molecule has 9 nitrogen and oxygen atoms in total. The number of aliphatic hydroxyl groups is 2. The Labute approximate surface area is 298 Å². The van der Waals surface area contributed by atoms with Gasteiger partial charge in [0.05, 0.1) is 33.4 Å². The maximum atomic E-state index is 13.5. The molecule has 4 aliphatic heterocycles. The fourth-order valence-corrected chi connectivity index (χ4v) is 13.4. The number of ether oxygens (including phenoxy) is 2. The largest absolute Gasteiger partial charge is 0.504 e. The predicted octanol–water partition coefficient (Wildman–Crippen LogP) is 3.94. The minimum absolute atomic E-state index is 0. The van der Waals surface area contributed by atoms with Gasteiger partial charge in [0, 0.05) is 49.1 Å². The molecule has 10 aliphatic rings. The minimum Gasteiger partial charge on any atom is -0.504 e. The average Bonchev–Trinajstić information content (AvgIpc) is 3.98. The molecule has 2 spiro atoms. The summed E-state index contributed by atoms with van der Waals surface area (Å²) in [7, 11) is 0. The first-order chi connectivity index (χ1) is 23.7. The standard InChI is InChI=1S/C40H43N3O6.H2S/c44-25-7-5-21-13-27-39(46)15-23-24-16-40(47)28-14-22-6-8-26(45)34-30(22)38(40,10-12-43(28)18-20-3-4-20)36(49-34)32(24)41-31(23)35-37(39,29(21)33(25)48-35)9-11-42(27)17-19-1-2-19;/h5-8,19-20,27-28,35-36,41,44-47H,1-4,9-18H2;1H2/t27-,28-,35+,36?,37+,38+,39-,40-;/m1./s1. The van der Waals surface area contributed by atoms with Crippen molar-refractivity contribution in [3.63, 3.8) is 0 Å². The number of nitrogens with zero attached hydrogens (tertiary/aromatic N) is 2. The first kappa shape index (κ1) is 29.7. The number of aromatic hydroxyl groups is 2. The second-order valence-corrected chi connectivity index (χ2v) is 17.8. The summed E-state index contributed by atoms with van der Waals surface area (Å²) in [5.74, 6) is 2.77. The molecule has 6 aliphatic carbocycles. The highest BCUT2D eigenvalue weighted by Crippen LogP contribution is 2.72. The van der Waals surface area contributed by atoms with E-state index in [0.29, 0.717) is 36.2 Å². The first-order valence-corrected chi connectivity index (χ1v) is 19.0. The Morgan fingerprint density at radius 2 is 1.12 bits per heavy atom. The van der Waals surface area contributed by atoms with Gasteiger partial charge in [0.25, 0.3) is 0 Å². The van der Waals surface area contributed by atoms with Crippen LogP contribution in [0.5, 0.6) is 23.0 Å². The van der Waals surface area contributed by atoms with Crippen molar-refractivity contribution in [3.8, 4) is 23.0 Å². The van der Waals surface area contributed by atoms with Crippen molar-refractivity contribution in [1.82, 2.24) is 14.8 Å². The number of fused-ring (bicyclic) bond motifs is 5. The monoisotopic (exact) mass is 695 g/mol. The molecule has 10 heteroatoms. The summed E-state index contributed by atoms with van der Waals surface area (Å²) in [4.78, 5) is 9.05. The summed E-state index contributed by atoms with van der Waals surface area (Å²) in [5, 5.41) is 49.4. The van der Waals surface area contributed by atoms with E-state index in [1.165, 1.54) is 36.8 Å². The highest BCUT2D eigenvalue weighted by Gasteiger charge is 2.76. The highest BCUT2D eigenvalue weighted by atomic mass is 32.1. The smallest absolute Gasteiger partial charge is 0.166 e. The lowest BCUT2D eigenvalue weighted by atomic mass is 9.47. The Bertz CT molecular complexity index is 1920. The highest BCUT2D eigenvalue weighted by molar-refractivity contribution is 7.59. The molecule has 2 saturated heterocycles. The molecule has 50 heavy (non-hydrogen) atoms. The fourth-order valence-electron chi connectivity index (χ4n) is 13.4. The lowest BCUT2D eigenvalue weighted by Crippen LogP contribution is -2.75. The summed E-state index contributed by atoms with van der Waals surface area (Å²) in [6.45, 7) is 3.84. The average molecular weight is 696 g/mol. The Morgan fingerprint density at radius 3 is 1.54 bits per heavy atom. The van der Waals surface area contributed by atoms with E-state index in [1.54, 1.807) is 12.1 Å². The zero-order valence-electron chi connectivity index (χ0n) is 28.2. The van der Waals surface area contributed by atoms with Gasteiger partial charge >= 0.3 is 0 Å². The SMILES string of the molecule is Oc1ccc2c3c1OC1c4[nH]c5c(c4C[C@@]4(O)[C@@H](C2)N(CC2CC2)CC[C@]314)C[C@@]1(O)[C@H]2Cc3ccc(O)c4c3[C@@]1(CCN2CC1CC1)[C@H]5O4.S. The number of hydrogen-bond donors (Lipinski definition) is 5. The molecule has 5 N–H and O–H groups in total. The van der Waals surface area contributed by atoms with Crippen molar-refractivity contribution >= 4 is 13.5 Å². The van der Waals surface area contributed by atoms with Crippen LogP contribution >= 0.6 is 13.5 Å². The number of benzene rings is 2. The van der Waals surface area contributed by atoms with Crippen molar-refractivity contribution in [2.75, 3.05) is 26.2 Å². The van der Waals surface area contributed by atoms with Gasteiger partial charge in [-0.3, -0.25) is 9.80 Å². The molecule has 0 radical (unpaired) electrons. The topological polar surface area (TPSA) is 122 Å². The van der Waals surface area contributed by atoms with Gasteiger partial charge in [-0.05, 0) is 111 Å². The number of nitrogens with one attached hydrogen (secondary N) is 1. The van der Waals surface area contributed by atoms with E-state index >= 15 is 0 Å². The second-order valence-electron chi connectivity index (χ2n) is 17.8. The summed E-state index contributed by atoms with van der Waals surface area (Å²) >= 11 is 0. The third kappa shape index (κ3) is 3.07. The van der Waals surface area contributed by atoms with Crippen LogP contribution in [-0.2, 0) is 36.5 Å². The molecule has 1 aromatic heterocycles. The molecule has 262 valence electrons. The Morgan fingerprint density at radius 1 is 0.680 bits per heavy atom. The van der Waals surface area contributed by atoms with Crippen LogP contribution in [-0.4, -0.2) is 84.7 Å². The maximum absolute atomic E-state index is 13.5. The minimum atomic E-state index is -1.09. The number of H-pyrrole nitrogens is 1. The van der Waals surface area contributed by atoms with Gasteiger partial charge in [0.1, 0.15) is 0 Å². The van der Waals surface area contributed by atoms with Gasteiger partial charge in [0.2, 0.25) is 0 Å². The molecule has 2 aromatic carbocycles. The third-order valence-corrected chi connectivity index (χ3v) is 15.7. The lowest BCUT2D eigenvalue weighted by molar-refractivity contribution is -0.176. The van der Waals surface area contributed by atoms with Crippen LogP contribution in [0.15, 0.2) is 24.3 Å². The van der Waals surface area contributed by atoms with Crippen molar-refractivity contribution in [1.29, 1.82) is 0 Å². The molecule has 5 heterocycles. The van der Waals surface area contributed by atoms with Gasteiger partial charge in [0.15, 0.2) is 35.2 Å². The third-order valence-electron chi connectivity index (χ3n) is 15.7. The van der Waals surface area contributed by atoms with Crippen LogP contribution in [0, 0.1) is 11.8 Å². The van der Waals surface area contributed by atoms with Crippen LogP contribution < -0.4 is 9.47 Å². The normalized spacial score (nSPS) is 40.5. The van der Waals surface area contributed by atoms with E-state index in [-0.39, 0.29) is 37.1 Å². The molecule has 8 atom stereocenters. The molecule has 4 bridgehead atoms. The lowest BCUT2D eigenvalue weighted by Gasteiger charge is -2.63. The van der Waals surface area contributed by atoms with E-state index in [0.717, 1.165) is 85.5 Å². The van der Waals surface area contributed by atoms with Crippen LogP contribution in [0.3, 0.4) is 0 Å². The molecule has 2 saturated carbocycles. The van der Waals surface area contributed by atoms with Gasteiger partial charge in [-0.15, -0.1) is 0 Å². The number of likely N-dealkylation sites (tertiary alicyclic amines) is 2. The van der Waals surface area contributed by atoms with Crippen molar-refractivity contribution < 1.29 is 29.9 Å². The van der Waals surface area contributed by atoms with E-state index < -0.39 is 34.2 Å². The number of phenolic OH excluding ortho intramolecular Hbond substituents is 2. The molecule has 0 amide bonds. The van der Waals surface area contributed by atoms with E-state index in [1.807, 2.05) is 0 Å². The Balaban J connectivity index is 0.00000286. The molecular formula is C40H45N3O6S. The molecular weight excluding hydrogens is 651 g/mol. The van der Waals surface area contributed by atoms with Crippen molar-refractivity contribution in [2.24, 2.45) is 11.8 Å². The van der Waals surface area contributed by atoms with Gasteiger partial charge in [-0.2, -0.15) is 13.5 Å². The fraction of sp³-hybridized carbons (Fsp3) is 0.600. The first-order valence-electron chi connectivity index (χ1n) is 19.0. The van der Waals surface area contributed by atoms with Crippen LogP contribution in [0.25, 0.3) is 0 Å². The van der Waals surface area contributed by atoms with Crippen LogP contribution in [0.1, 0.15) is 95.5 Å². The van der Waals surface area contributed by atoms with Crippen LogP contribution in [0.2, 0.25) is 0 Å². The summed E-state index contributed by atoms with van der Waals surface area (Å²) < 4.78 is 13.9. The number of aromatic nitrogens is 1. The molecule has 1 unspecified atom stereocenters. The molecule has 3 aromatic rings. The van der Waals surface area contributed by atoms with Gasteiger partial charge in [-0.1, -0.05) is 12.1 Å². The quantitative estimate of drug-likeness (QED) is 0.279. The Hall–Kier alpha value is -2.89. The number of phenols is 2. The second kappa shape index (κ2) is 9.00. The summed E-state index contributed by atoms with van der Waals surface area (Å²) in [6.07, 6.45) is 8.06. The predicted molar refractivity (Wildman–Crippen MR) is 188 cm³/mol. The van der Waals surface area contributed by atoms with E-state index in [2.05, 4.69) is 26.9 Å².